The van der Waals surface area contributed by atoms with Crippen LogP contribution < -0.4 is 0 Å². The second-order valence-electron chi connectivity index (χ2n) is 4.60. The van der Waals surface area contributed by atoms with Crippen LogP contribution in [0.4, 0.5) is 0 Å². The number of rotatable bonds is 4. The minimum Gasteiger partial charge on any atom is -0.377 e. The van der Waals surface area contributed by atoms with Crippen LogP contribution in [0.15, 0.2) is 43.0 Å². The van der Waals surface area contributed by atoms with E-state index in [0.29, 0.717) is 21.9 Å². The number of carbonyl (C=O) groups excluding carboxylic acids is 1. The van der Waals surface area contributed by atoms with Gasteiger partial charge in [-0.25, -0.2) is 0 Å². The highest BCUT2D eigenvalue weighted by Crippen LogP contribution is 2.40. The van der Waals surface area contributed by atoms with Crippen LogP contribution in [-0.2, 0) is 5.60 Å². The average molecular weight is 376 g/mol. The molecular formula is C16H10Cl4O2. The van der Waals surface area contributed by atoms with Crippen molar-refractivity contribution in [2.75, 3.05) is 0 Å². The Morgan fingerprint density at radius 3 is 2.00 bits per heavy atom. The zero-order valence-corrected chi connectivity index (χ0v) is 14.1. The third kappa shape index (κ3) is 3.17. The van der Waals surface area contributed by atoms with Crippen LogP contribution in [0, 0.1) is 0 Å². The first-order valence-corrected chi connectivity index (χ1v) is 7.60. The Bertz CT molecular complexity index is 738. The lowest BCUT2D eigenvalue weighted by Crippen LogP contribution is -2.26. The summed E-state index contributed by atoms with van der Waals surface area (Å²) in [6, 6.07) is 7.42. The predicted octanol–water partition coefficient (Wildman–Crippen LogP) is 5.53. The second-order valence-corrected chi connectivity index (χ2v) is 6.31. The molecule has 0 saturated heterocycles. The Labute approximate surface area is 147 Å². The molecule has 1 atom stereocenters. The fourth-order valence-corrected chi connectivity index (χ4v) is 3.41. The number of benzene rings is 2. The molecule has 0 aliphatic carbocycles. The van der Waals surface area contributed by atoms with Gasteiger partial charge in [-0.3, -0.25) is 4.79 Å². The summed E-state index contributed by atoms with van der Waals surface area (Å²) in [7, 11) is 0. The minimum atomic E-state index is -1.74. The van der Waals surface area contributed by atoms with Crippen LogP contribution in [0.5, 0.6) is 0 Å². The quantitative estimate of drug-likeness (QED) is 0.563. The minimum absolute atomic E-state index is 0.132. The molecule has 0 fully saturated rings. The van der Waals surface area contributed by atoms with Crippen molar-refractivity contribution in [1.29, 1.82) is 0 Å². The molecule has 2 rings (SSSR count). The smallest absolute Gasteiger partial charge is 0.150 e. The zero-order chi connectivity index (χ0) is 16.5. The molecule has 0 saturated carbocycles. The Morgan fingerprint density at radius 1 is 0.955 bits per heavy atom. The van der Waals surface area contributed by atoms with Crippen molar-refractivity contribution in [3.63, 3.8) is 0 Å². The lowest BCUT2D eigenvalue weighted by Gasteiger charge is -2.28. The fourth-order valence-electron chi connectivity index (χ4n) is 2.23. The lowest BCUT2D eigenvalue weighted by atomic mass is 9.84. The van der Waals surface area contributed by atoms with Gasteiger partial charge in [-0.15, -0.1) is 0 Å². The number of hydrogen-bond donors (Lipinski definition) is 1. The van der Waals surface area contributed by atoms with Crippen molar-refractivity contribution in [3.8, 4) is 0 Å². The highest BCUT2D eigenvalue weighted by molar-refractivity contribution is 6.36. The van der Waals surface area contributed by atoms with Crippen molar-refractivity contribution in [1.82, 2.24) is 0 Å². The van der Waals surface area contributed by atoms with Gasteiger partial charge in [0.2, 0.25) is 0 Å². The normalized spacial score (nSPS) is 13.5. The van der Waals surface area contributed by atoms with Crippen molar-refractivity contribution < 1.29 is 9.90 Å². The SMILES string of the molecule is C=CC(O)(c1cc(Cl)cc(Cl)c1)c1c(Cl)cc(Cl)cc1C=O. The maximum absolute atomic E-state index is 11.3. The first kappa shape index (κ1) is 17.3. The molecule has 0 aliphatic rings. The molecule has 0 radical (unpaired) electrons. The molecule has 22 heavy (non-hydrogen) atoms. The van der Waals surface area contributed by atoms with Crippen LogP contribution in [0.3, 0.4) is 0 Å². The summed E-state index contributed by atoms with van der Waals surface area (Å²) in [6.07, 6.45) is 1.82. The van der Waals surface area contributed by atoms with E-state index in [1.165, 1.54) is 36.4 Å². The molecule has 1 N–H and O–H groups in total. The molecule has 2 nitrogen and oxygen atoms in total. The van der Waals surface area contributed by atoms with E-state index in [-0.39, 0.29) is 21.2 Å². The molecule has 2 aromatic carbocycles. The summed E-state index contributed by atoms with van der Waals surface area (Å²) in [5.74, 6) is 0. The molecule has 114 valence electrons. The summed E-state index contributed by atoms with van der Waals surface area (Å²) < 4.78 is 0. The molecule has 6 heteroatoms. The standard InChI is InChI=1S/C16H10Cl4O2/c1-2-16(22,10-4-12(18)6-13(19)5-10)15-9(8-21)3-11(17)7-14(15)20/h2-8,22H,1H2. The molecule has 0 heterocycles. The summed E-state index contributed by atoms with van der Waals surface area (Å²) in [5.41, 5.74) is -1.09. The number of carbonyl (C=O) groups is 1. The highest BCUT2D eigenvalue weighted by Gasteiger charge is 2.33. The number of halogens is 4. The maximum Gasteiger partial charge on any atom is 0.150 e. The molecular weight excluding hydrogens is 366 g/mol. The van der Waals surface area contributed by atoms with Gasteiger partial charge in [0.05, 0.1) is 0 Å². The van der Waals surface area contributed by atoms with Gasteiger partial charge in [0, 0.05) is 31.2 Å². The predicted molar refractivity (Wildman–Crippen MR) is 91.5 cm³/mol. The van der Waals surface area contributed by atoms with Gasteiger partial charge in [0.25, 0.3) is 0 Å². The third-order valence-electron chi connectivity index (χ3n) is 3.19. The molecule has 0 amide bonds. The van der Waals surface area contributed by atoms with Crippen LogP contribution in [0.25, 0.3) is 0 Å². The van der Waals surface area contributed by atoms with Gasteiger partial charge in [-0.1, -0.05) is 59.1 Å². The first-order valence-electron chi connectivity index (χ1n) is 6.09. The van der Waals surface area contributed by atoms with Crippen molar-refractivity contribution in [2.24, 2.45) is 0 Å². The van der Waals surface area contributed by atoms with Gasteiger partial charge in [0.15, 0.2) is 6.29 Å². The lowest BCUT2D eigenvalue weighted by molar-refractivity contribution is 0.110. The molecule has 1 unspecified atom stereocenters. The zero-order valence-electron chi connectivity index (χ0n) is 11.1. The first-order chi connectivity index (χ1) is 10.3. The summed E-state index contributed by atoms with van der Waals surface area (Å²) in [6.45, 7) is 3.64. The third-order valence-corrected chi connectivity index (χ3v) is 4.14. The van der Waals surface area contributed by atoms with Crippen molar-refractivity contribution >= 4 is 52.7 Å². The van der Waals surface area contributed by atoms with Crippen LogP contribution in [0.1, 0.15) is 21.5 Å². The van der Waals surface area contributed by atoms with E-state index < -0.39 is 5.60 Å². The highest BCUT2D eigenvalue weighted by atomic mass is 35.5. The van der Waals surface area contributed by atoms with Gasteiger partial charge >= 0.3 is 0 Å². The van der Waals surface area contributed by atoms with Gasteiger partial charge in [-0.2, -0.15) is 0 Å². The van der Waals surface area contributed by atoms with Crippen molar-refractivity contribution in [3.05, 3.63) is 79.8 Å². The van der Waals surface area contributed by atoms with Gasteiger partial charge in [-0.05, 0) is 35.9 Å². The molecule has 0 spiro atoms. The van der Waals surface area contributed by atoms with Crippen molar-refractivity contribution in [2.45, 2.75) is 5.60 Å². The average Bonchev–Trinajstić information content (AvgIpc) is 2.44. The maximum atomic E-state index is 11.3. The summed E-state index contributed by atoms with van der Waals surface area (Å²) in [5, 5.41) is 12.2. The van der Waals surface area contributed by atoms with Crippen LogP contribution in [0.2, 0.25) is 20.1 Å². The van der Waals surface area contributed by atoms with Gasteiger partial charge < -0.3 is 5.11 Å². The van der Waals surface area contributed by atoms with E-state index in [9.17, 15) is 9.90 Å². The summed E-state index contributed by atoms with van der Waals surface area (Å²) in [4.78, 5) is 11.3. The van der Waals surface area contributed by atoms with E-state index >= 15 is 0 Å². The number of aldehydes is 1. The fraction of sp³-hybridized carbons (Fsp3) is 0.0625. The second kappa shape index (κ2) is 6.61. The Kier molecular flexibility index (Phi) is 5.21. The Morgan fingerprint density at radius 2 is 1.50 bits per heavy atom. The van der Waals surface area contributed by atoms with E-state index in [2.05, 4.69) is 6.58 Å². The molecule has 0 aliphatic heterocycles. The van der Waals surface area contributed by atoms with E-state index in [0.717, 1.165) is 0 Å². The van der Waals surface area contributed by atoms with Gasteiger partial charge in [0.1, 0.15) is 5.60 Å². The van der Waals surface area contributed by atoms with E-state index in [1.54, 1.807) is 0 Å². The molecule has 2 aromatic rings. The Hall–Kier alpha value is -1.03. The van der Waals surface area contributed by atoms with E-state index in [1.807, 2.05) is 0 Å². The summed E-state index contributed by atoms with van der Waals surface area (Å²) >= 11 is 24.1. The van der Waals surface area contributed by atoms with Crippen LogP contribution in [-0.4, -0.2) is 11.4 Å². The largest absolute Gasteiger partial charge is 0.377 e. The number of hydrogen-bond acceptors (Lipinski definition) is 2. The number of aliphatic hydroxyl groups is 1. The molecule has 0 aromatic heterocycles. The Balaban J connectivity index is 2.80. The van der Waals surface area contributed by atoms with Crippen LogP contribution >= 0.6 is 46.4 Å². The topological polar surface area (TPSA) is 37.3 Å². The van der Waals surface area contributed by atoms with E-state index in [4.69, 9.17) is 46.4 Å². The molecule has 0 bridgehead atoms. The monoisotopic (exact) mass is 374 g/mol.